The number of piperidine rings is 3. The van der Waals surface area contributed by atoms with Crippen LogP contribution in [0.3, 0.4) is 0 Å². The average molecular weight is 325 g/mol. The normalized spacial score (nSPS) is 25.5. The number of carbonyl (C=O) groups excluding carboxylic acids is 1. The largest absolute Gasteiger partial charge is 0.451 e. The molecule has 3 saturated heterocycles. The predicted molar refractivity (Wildman–Crippen MR) is 94.1 cm³/mol. The zero-order valence-electron chi connectivity index (χ0n) is 13.9. The predicted octanol–water partition coefficient (Wildman–Crippen LogP) is 2.81. The van der Waals surface area contributed by atoms with Crippen molar-refractivity contribution < 1.29 is 9.21 Å². The summed E-state index contributed by atoms with van der Waals surface area (Å²) in [6.07, 6.45) is 2.37. The van der Waals surface area contributed by atoms with Gasteiger partial charge in [0.25, 0.3) is 5.91 Å². The number of benzene rings is 1. The van der Waals surface area contributed by atoms with Gasteiger partial charge >= 0.3 is 0 Å². The first-order valence-electron chi connectivity index (χ1n) is 8.64. The van der Waals surface area contributed by atoms with E-state index >= 15 is 0 Å². The summed E-state index contributed by atoms with van der Waals surface area (Å²) in [7, 11) is 1.88. The first-order chi connectivity index (χ1) is 11.7. The summed E-state index contributed by atoms with van der Waals surface area (Å²) in [5.74, 6) is 1.60. The molecule has 1 amide bonds. The van der Waals surface area contributed by atoms with Gasteiger partial charge in [-0.05, 0) is 56.1 Å². The molecule has 0 aliphatic carbocycles. The average Bonchev–Trinajstić information content (AvgIpc) is 3.13. The van der Waals surface area contributed by atoms with E-state index in [0.29, 0.717) is 17.4 Å². The zero-order valence-corrected chi connectivity index (χ0v) is 13.9. The number of furan rings is 1. The second-order valence-corrected chi connectivity index (χ2v) is 6.71. The Labute approximate surface area is 142 Å². The number of carbonyl (C=O) groups is 1. The minimum atomic E-state index is -0.107. The molecule has 0 unspecified atom stereocenters. The van der Waals surface area contributed by atoms with Gasteiger partial charge in [0.15, 0.2) is 5.76 Å². The van der Waals surface area contributed by atoms with Crippen LogP contribution in [0, 0.1) is 5.92 Å². The zero-order chi connectivity index (χ0) is 16.5. The summed E-state index contributed by atoms with van der Waals surface area (Å²) in [6, 6.07) is 11.8. The van der Waals surface area contributed by atoms with Gasteiger partial charge in [0.1, 0.15) is 5.76 Å². The third kappa shape index (κ3) is 2.91. The lowest BCUT2D eigenvalue weighted by atomic mass is 9.84. The van der Waals surface area contributed by atoms with E-state index in [2.05, 4.69) is 15.5 Å². The summed E-state index contributed by atoms with van der Waals surface area (Å²) in [5, 5.41) is 6.28. The molecule has 2 bridgehead atoms. The number of rotatable bonds is 4. The lowest BCUT2D eigenvalue weighted by Crippen LogP contribution is -2.57. The number of nitrogens with zero attached hydrogens (tertiary/aromatic N) is 1. The smallest absolute Gasteiger partial charge is 0.287 e. The second-order valence-electron chi connectivity index (χ2n) is 6.71. The maximum atomic E-state index is 12.5. The standard InChI is InChI=1S/C19H23N3O2/c1-20-15-4-2-3-14(11-15)17-5-6-18(24-17)19(23)21-16-12-22-9-7-13(16)8-10-22/h2-6,11,13,16,20H,7-10,12H2,1H3,(H,21,23)/t16-/m0/s1. The Morgan fingerprint density at radius 2 is 2.04 bits per heavy atom. The first-order valence-corrected chi connectivity index (χ1v) is 8.64. The quantitative estimate of drug-likeness (QED) is 0.907. The van der Waals surface area contributed by atoms with Crippen molar-refractivity contribution in [2.24, 2.45) is 5.92 Å². The molecule has 3 aliphatic heterocycles. The van der Waals surface area contributed by atoms with Crippen molar-refractivity contribution in [3.8, 4) is 11.3 Å². The number of amides is 1. The number of hydrogen-bond donors (Lipinski definition) is 2. The van der Waals surface area contributed by atoms with Crippen LogP contribution in [0.4, 0.5) is 5.69 Å². The van der Waals surface area contributed by atoms with Crippen molar-refractivity contribution in [1.29, 1.82) is 0 Å². The van der Waals surface area contributed by atoms with E-state index < -0.39 is 0 Å². The van der Waals surface area contributed by atoms with Crippen molar-refractivity contribution >= 4 is 11.6 Å². The maximum Gasteiger partial charge on any atom is 0.287 e. The van der Waals surface area contributed by atoms with E-state index in [0.717, 1.165) is 17.8 Å². The van der Waals surface area contributed by atoms with Crippen molar-refractivity contribution in [1.82, 2.24) is 10.2 Å². The van der Waals surface area contributed by atoms with Crippen molar-refractivity contribution in [2.45, 2.75) is 18.9 Å². The molecule has 3 aliphatic rings. The fourth-order valence-electron chi connectivity index (χ4n) is 3.81. The summed E-state index contributed by atoms with van der Waals surface area (Å²) in [6.45, 7) is 3.31. The van der Waals surface area contributed by atoms with Crippen LogP contribution in [0.25, 0.3) is 11.3 Å². The first kappa shape index (κ1) is 15.3. The summed E-state index contributed by atoms with van der Waals surface area (Å²) >= 11 is 0. The third-order valence-corrected chi connectivity index (χ3v) is 5.24. The Hall–Kier alpha value is -2.27. The van der Waals surface area contributed by atoms with Gasteiger partial charge in [-0.1, -0.05) is 12.1 Å². The minimum Gasteiger partial charge on any atom is -0.451 e. The minimum absolute atomic E-state index is 0.107. The molecule has 5 nitrogen and oxygen atoms in total. The molecule has 2 aromatic rings. The number of hydrogen-bond acceptors (Lipinski definition) is 4. The molecule has 2 N–H and O–H groups in total. The Morgan fingerprint density at radius 1 is 1.21 bits per heavy atom. The molecule has 1 aromatic carbocycles. The molecular formula is C19H23N3O2. The molecule has 1 aromatic heterocycles. The maximum absolute atomic E-state index is 12.5. The summed E-state index contributed by atoms with van der Waals surface area (Å²) in [5.41, 5.74) is 1.98. The van der Waals surface area contributed by atoms with Crippen LogP contribution >= 0.6 is 0 Å². The van der Waals surface area contributed by atoms with Crippen LogP contribution in [-0.4, -0.2) is 43.5 Å². The Bertz CT molecular complexity index is 732. The Kier molecular flexibility index (Phi) is 4.02. The number of fused-ring (bicyclic) bond motifs is 3. The van der Waals surface area contributed by atoms with Crippen LogP contribution < -0.4 is 10.6 Å². The summed E-state index contributed by atoms with van der Waals surface area (Å²) in [4.78, 5) is 15.0. The van der Waals surface area contributed by atoms with Gasteiger partial charge in [0, 0.05) is 30.9 Å². The van der Waals surface area contributed by atoms with Crippen molar-refractivity contribution in [3.63, 3.8) is 0 Å². The van der Waals surface area contributed by atoms with Crippen LogP contribution in [0.5, 0.6) is 0 Å². The number of nitrogens with one attached hydrogen (secondary N) is 2. The van der Waals surface area contributed by atoms with Crippen molar-refractivity contribution in [2.75, 3.05) is 32.0 Å². The van der Waals surface area contributed by atoms with Gasteiger partial charge in [-0.15, -0.1) is 0 Å². The van der Waals surface area contributed by atoms with Gasteiger partial charge in [-0.25, -0.2) is 0 Å². The monoisotopic (exact) mass is 325 g/mol. The van der Waals surface area contributed by atoms with Crippen LogP contribution in [0.2, 0.25) is 0 Å². The van der Waals surface area contributed by atoms with Gasteiger partial charge in [0.2, 0.25) is 0 Å². The highest BCUT2D eigenvalue weighted by Gasteiger charge is 2.35. The highest BCUT2D eigenvalue weighted by molar-refractivity contribution is 5.92. The molecule has 0 saturated carbocycles. The lowest BCUT2D eigenvalue weighted by Gasteiger charge is -2.44. The number of anilines is 1. The van der Waals surface area contributed by atoms with Gasteiger partial charge in [-0.3, -0.25) is 4.79 Å². The van der Waals surface area contributed by atoms with Gasteiger partial charge in [-0.2, -0.15) is 0 Å². The summed E-state index contributed by atoms with van der Waals surface area (Å²) < 4.78 is 5.80. The van der Waals surface area contributed by atoms with E-state index in [-0.39, 0.29) is 11.9 Å². The molecule has 126 valence electrons. The highest BCUT2D eigenvalue weighted by Crippen LogP contribution is 2.28. The van der Waals surface area contributed by atoms with Crippen LogP contribution in [0.1, 0.15) is 23.4 Å². The van der Waals surface area contributed by atoms with Crippen LogP contribution in [-0.2, 0) is 0 Å². The molecule has 5 rings (SSSR count). The van der Waals surface area contributed by atoms with Gasteiger partial charge < -0.3 is 20.0 Å². The molecule has 0 spiro atoms. The van der Waals surface area contributed by atoms with E-state index in [1.165, 1.54) is 25.9 Å². The third-order valence-electron chi connectivity index (χ3n) is 5.24. The Balaban J connectivity index is 1.47. The molecule has 5 heteroatoms. The molecule has 24 heavy (non-hydrogen) atoms. The molecule has 3 fully saturated rings. The molecule has 0 radical (unpaired) electrons. The van der Waals surface area contributed by atoms with E-state index in [9.17, 15) is 4.79 Å². The second kappa shape index (κ2) is 6.32. The molecule has 4 heterocycles. The van der Waals surface area contributed by atoms with E-state index in [1.54, 1.807) is 6.07 Å². The lowest BCUT2D eigenvalue weighted by molar-refractivity contribution is 0.0606. The van der Waals surface area contributed by atoms with Gasteiger partial charge in [0.05, 0.1) is 0 Å². The highest BCUT2D eigenvalue weighted by atomic mass is 16.3. The fraction of sp³-hybridized carbons (Fsp3) is 0.421. The Morgan fingerprint density at radius 3 is 2.75 bits per heavy atom. The van der Waals surface area contributed by atoms with E-state index in [1.807, 2.05) is 37.4 Å². The molecular weight excluding hydrogens is 302 g/mol. The van der Waals surface area contributed by atoms with E-state index in [4.69, 9.17) is 4.42 Å². The fourth-order valence-corrected chi connectivity index (χ4v) is 3.81. The molecule has 1 atom stereocenters. The topological polar surface area (TPSA) is 57.5 Å². The van der Waals surface area contributed by atoms with Crippen LogP contribution in [0.15, 0.2) is 40.8 Å². The van der Waals surface area contributed by atoms with Crippen molar-refractivity contribution in [3.05, 3.63) is 42.2 Å². The SMILES string of the molecule is CNc1cccc(-c2ccc(C(=O)N[C@H]3CN4CCC3CC4)o2)c1.